The molecule has 0 aliphatic carbocycles. The summed E-state index contributed by atoms with van der Waals surface area (Å²) in [5, 5.41) is 27.6. The van der Waals surface area contributed by atoms with E-state index in [-0.39, 0.29) is 24.7 Å². The van der Waals surface area contributed by atoms with Crippen molar-refractivity contribution < 1.29 is 24.9 Å². The maximum absolute atomic E-state index is 12.0. The minimum atomic E-state index is -1.65. The third-order valence-electron chi connectivity index (χ3n) is 3.72. The first-order valence-electron chi connectivity index (χ1n) is 6.88. The number of rotatable bonds is 5. The van der Waals surface area contributed by atoms with Crippen LogP contribution in [0.5, 0.6) is 0 Å². The predicted octanol–water partition coefficient (Wildman–Crippen LogP) is 0.316. The fraction of sp³-hybridized carbons (Fsp3) is 0.846. The highest BCUT2D eigenvalue weighted by Gasteiger charge is 2.31. The van der Waals surface area contributed by atoms with Crippen LogP contribution < -0.4 is 0 Å². The second kappa shape index (κ2) is 6.90. The molecule has 116 valence electrons. The summed E-state index contributed by atoms with van der Waals surface area (Å²) in [6, 6.07) is 0. The third-order valence-corrected chi connectivity index (χ3v) is 3.72. The van der Waals surface area contributed by atoms with Crippen LogP contribution in [0, 0.1) is 5.92 Å². The van der Waals surface area contributed by atoms with Crippen molar-refractivity contribution in [3.63, 3.8) is 0 Å². The smallest absolute Gasteiger partial charge is 0.407 e. The minimum absolute atomic E-state index is 0.00835. The zero-order chi connectivity index (χ0) is 15.3. The van der Waals surface area contributed by atoms with Gasteiger partial charge in [0.2, 0.25) is 5.91 Å². The fourth-order valence-electron chi connectivity index (χ4n) is 2.15. The van der Waals surface area contributed by atoms with Crippen LogP contribution in [0.25, 0.3) is 0 Å². The van der Waals surface area contributed by atoms with Gasteiger partial charge in [-0.3, -0.25) is 4.79 Å². The van der Waals surface area contributed by atoms with Crippen LogP contribution in [-0.4, -0.2) is 69.6 Å². The zero-order valence-corrected chi connectivity index (χ0v) is 12.1. The van der Waals surface area contributed by atoms with Gasteiger partial charge in [0, 0.05) is 45.9 Å². The Morgan fingerprint density at radius 1 is 1.30 bits per heavy atom. The molecule has 7 heteroatoms. The number of carboxylic acid groups (broad SMARTS) is 1. The standard InChI is InChI=1S/C13H24N2O5/c1-10(3-6-14(2)12(17)18)9-11(16)15-7-4-13(19,20)5-8-15/h10,19-20H,3-9H2,1-2H3,(H,17,18)/t10-/m0/s1. The topological polar surface area (TPSA) is 101 Å². The Morgan fingerprint density at radius 3 is 2.35 bits per heavy atom. The number of likely N-dealkylation sites (tertiary alicyclic amines) is 1. The molecule has 0 aromatic carbocycles. The first-order chi connectivity index (χ1) is 9.21. The second-order valence-electron chi connectivity index (χ2n) is 5.67. The van der Waals surface area contributed by atoms with Gasteiger partial charge in [0.25, 0.3) is 0 Å². The van der Waals surface area contributed by atoms with Crippen molar-refractivity contribution in [1.82, 2.24) is 9.80 Å². The summed E-state index contributed by atoms with van der Waals surface area (Å²) in [6.07, 6.45) is 0.370. The summed E-state index contributed by atoms with van der Waals surface area (Å²) in [6.45, 7) is 3.03. The largest absolute Gasteiger partial charge is 0.465 e. The van der Waals surface area contributed by atoms with Gasteiger partial charge in [0.05, 0.1) is 0 Å². The van der Waals surface area contributed by atoms with E-state index in [1.54, 1.807) is 4.90 Å². The Morgan fingerprint density at radius 2 is 1.85 bits per heavy atom. The van der Waals surface area contributed by atoms with Crippen LogP contribution in [0.3, 0.4) is 0 Å². The van der Waals surface area contributed by atoms with Crippen LogP contribution in [0.15, 0.2) is 0 Å². The number of nitrogens with zero attached hydrogens (tertiary/aromatic N) is 2. The maximum Gasteiger partial charge on any atom is 0.407 e. The van der Waals surface area contributed by atoms with Gasteiger partial charge >= 0.3 is 6.09 Å². The lowest BCUT2D eigenvalue weighted by atomic mass is 10.00. The molecule has 1 aliphatic rings. The Labute approximate surface area is 118 Å². The Hall–Kier alpha value is -1.34. The molecule has 1 rings (SSSR count). The van der Waals surface area contributed by atoms with Crippen molar-refractivity contribution in [2.45, 2.75) is 38.4 Å². The molecule has 1 aliphatic heterocycles. The molecule has 0 spiro atoms. The van der Waals surface area contributed by atoms with Crippen molar-refractivity contribution in [2.24, 2.45) is 5.92 Å². The van der Waals surface area contributed by atoms with E-state index in [1.807, 2.05) is 6.92 Å². The molecule has 2 amide bonds. The number of carbonyl (C=O) groups excluding carboxylic acids is 1. The first kappa shape index (κ1) is 16.7. The van der Waals surface area contributed by atoms with Gasteiger partial charge in [-0.2, -0.15) is 0 Å². The molecule has 0 bridgehead atoms. The van der Waals surface area contributed by atoms with Gasteiger partial charge in [-0.05, 0) is 12.3 Å². The van der Waals surface area contributed by atoms with Crippen molar-refractivity contribution >= 4 is 12.0 Å². The molecule has 0 aromatic rings. The molecule has 0 saturated carbocycles. The number of amides is 2. The molecular formula is C13H24N2O5. The van der Waals surface area contributed by atoms with Crippen molar-refractivity contribution in [3.05, 3.63) is 0 Å². The van der Waals surface area contributed by atoms with Gasteiger partial charge in [-0.25, -0.2) is 4.79 Å². The quantitative estimate of drug-likeness (QED) is 0.632. The molecule has 1 fully saturated rings. The maximum atomic E-state index is 12.0. The highest BCUT2D eigenvalue weighted by Crippen LogP contribution is 2.20. The molecule has 0 aromatic heterocycles. The Bertz CT molecular complexity index is 349. The molecule has 20 heavy (non-hydrogen) atoms. The Kier molecular flexibility index (Phi) is 5.76. The summed E-state index contributed by atoms with van der Waals surface area (Å²) >= 11 is 0. The van der Waals surface area contributed by atoms with Gasteiger partial charge in [-0.15, -0.1) is 0 Å². The van der Waals surface area contributed by atoms with E-state index >= 15 is 0 Å². The van der Waals surface area contributed by atoms with E-state index in [4.69, 9.17) is 5.11 Å². The zero-order valence-electron chi connectivity index (χ0n) is 12.1. The van der Waals surface area contributed by atoms with Crippen LogP contribution in [0.2, 0.25) is 0 Å². The normalized spacial score (nSPS) is 19.5. The average Bonchev–Trinajstić information content (AvgIpc) is 2.35. The van der Waals surface area contributed by atoms with Gasteiger partial charge < -0.3 is 25.1 Å². The van der Waals surface area contributed by atoms with Crippen molar-refractivity contribution in [2.75, 3.05) is 26.7 Å². The lowest BCUT2D eigenvalue weighted by Crippen LogP contribution is -2.46. The number of aliphatic hydroxyl groups is 2. The monoisotopic (exact) mass is 288 g/mol. The lowest BCUT2D eigenvalue weighted by Gasteiger charge is -2.35. The summed E-state index contributed by atoms with van der Waals surface area (Å²) < 4.78 is 0. The molecule has 1 heterocycles. The van der Waals surface area contributed by atoms with E-state index in [1.165, 1.54) is 11.9 Å². The van der Waals surface area contributed by atoms with Crippen LogP contribution in [0.1, 0.15) is 32.6 Å². The minimum Gasteiger partial charge on any atom is -0.465 e. The van der Waals surface area contributed by atoms with E-state index in [0.29, 0.717) is 32.5 Å². The van der Waals surface area contributed by atoms with Crippen LogP contribution >= 0.6 is 0 Å². The third kappa shape index (κ3) is 5.34. The van der Waals surface area contributed by atoms with E-state index in [0.717, 1.165) is 0 Å². The molecule has 1 atom stereocenters. The first-order valence-corrected chi connectivity index (χ1v) is 6.88. The summed E-state index contributed by atoms with van der Waals surface area (Å²) in [5.41, 5.74) is 0. The molecule has 0 unspecified atom stereocenters. The number of carbonyl (C=O) groups is 2. The van der Waals surface area contributed by atoms with E-state index in [2.05, 4.69) is 0 Å². The second-order valence-corrected chi connectivity index (χ2v) is 5.67. The highest BCUT2D eigenvalue weighted by atomic mass is 16.5. The summed E-state index contributed by atoms with van der Waals surface area (Å²) in [5.74, 6) is -1.56. The SMILES string of the molecule is C[C@@H](CCN(C)C(=O)O)CC(=O)N1CCC(O)(O)CC1. The van der Waals surface area contributed by atoms with Crippen LogP contribution in [-0.2, 0) is 4.79 Å². The number of hydrogen-bond donors (Lipinski definition) is 3. The lowest BCUT2D eigenvalue weighted by molar-refractivity contribution is -0.190. The van der Waals surface area contributed by atoms with Crippen molar-refractivity contribution in [1.29, 1.82) is 0 Å². The van der Waals surface area contributed by atoms with E-state index < -0.39 is 11.9 Å². The molecule has 0 radical (unpaired) electrons. The highest BCUT2D eigenvalue weighted by molar-refractivity contribution is 5.76. The average molecular weight is 288 g/mol. The van der Waals surface area contributed by atoms with Gasteiger partial charge in [-0.1, -0.05) is 6.92 Å². The Balaban J connectivity index is 2.30. The predicted molar refractivity (Wildman–Crippen MR) is 72.0 cm³/mol. The summed E-state index contributed by atoms with van der Waals surface area (Å²) in [4.78, 5) is 25.5. The van der Waals surface area contributed by atoms with Gasteiger partial charge in [0.15, 0.2) is 5.79 Å². The van der Waals surface area contributed by atoms with Gasteiger partial charge in [0.1, 0.15) is 0 Å². The number of hydrogen-bond acceptors (Lipinski definition) is 4. The van der Waals surface area contributed by atoms with Crippen LogP contribution in [0.4, 0.5) is 4.79 Å². The molecule has 3 N–H and O–H groups in total. The molecule has 7 nitrogen and oxygen atoms in total. The molecule has 1 saturated heterocycles. The molecular weight excluding hydrogens is 264 g/mol. The fourth-order valence-corrected chi connectivity index (χ4v) is 2.15. The van der Waals surface area contributed by atoms with E-state index in [9.17, 15) is 19.8 Å². The summed E-state index contributed by atoms with van der Waals surface area (Å²) in [7, 11) is 1.50. The number of piperidine rings is 1. The van der Waals surface area contributed by atoms with Crippen molar-refractivity contribution in [3.8, 4) is 0 Å².